The maximum Gasteiger partial charge on any atom is 0.123 e. The van der Waals surface area contributed by atoms with E-state index < -0.39 is 0 Å². The lowest BCUT2D eigenvalue weighted by atomic mass is 10.0. The molecule has 2 rings (SSSR count). The van der Waals surface area contributed by atoms with Gasteiger partial charge in [-0.1, -0.05) is 6.07 Å². The summed E-state index contributed by atoms with van der Waals surface area (Å²) in [4.78, 5) is 2.31. The van der Waals surface area contributed by atoms with E-state index in [-0.39, 0.29) is 17.5 Å². The van der Waals surface area contributed by atoms with Crippen molar-refractivity contribution in [2.45, 2.75) is 45.6 Å². The van der Waals surface area contributed by atoms with Gasteiger partial charge in [-0.2, -0.15) is 0 Å². The fourth-order valence-electron chi connectivity index (χ4n) is 2.89. The predicted octanol–water partition coefficient (Wildman–Crippen LogP) is 2.28. The molecule has 1 aliphatic rings. The molecule has 0 aromatic heterocycles. The van der Waals surface area contributed by atoms with Crippen molar-refractivity contribution in [2.24, 2.45) is 5.73 Å². The summed E-state index contributed by atoms with van der Waals surface area (Å²) < 4.78 is 19.3. The maximum absolute atomic E-state index is 13.4. The molecular formula is C15H23FN2O. The normalized spacial score (nSPS) is 23.5. The third-order valence-electron chi connectivity index (χ3n) is 3.42. The molecule has 19 heavy (non-hydrogen) atoms. The first kappa shape index (κ1) is 14.4. The number of rotatable bonds is 3. The second-order valence-electron chi connectivity index (χ2n) is 5.97. The number of ether oxygens (including phenoxy) is 1. The molecule has 0 radical (unpaired) electrons. The summed E-state index contributed by atoms with van der Waals surface area (Å²) in [7, 11) is 0. The average molecular weight is 266 g/mol. The van der Waals surface area contributed by atoms with E-state index in [2.05, 4.69) is 25.7 Å². The lowest BCUT2D eigenvalue weighted by Crippen LogP contribution is -2.51. The van der Waals surface area contributed by atoms with Crippen LogP contribution in [-0.2, 0) is 17.8 Å². The second kappa shape index (κ2) is 5.57. The summed E-state index contributed by atoms with van der Waals surface area (Å²) >= 11 is 0. The summed E-state index contributed by atoms with van der Waals surface area (Å²) in [5.74, 6) is -0.201. The van der Waals surface area contributed by atoms with Gasteiger partial charge in [0, 0.05) is 26.2 Å². The van der Waals surface area contributed by atoms with Crippen LogP contribution < -0.4 is 5.73 Å². The molecule has 106 valence electrons. The Morgan fingerprint density at radius 3 is 2.79 bits per heavy atom. The van der Waals surface area contributed by atoms with E-state index in [0.717, 1.165) is 30.8 Å². The van der Waals surface area contributed by atoms with Gasteiger partial charge in [-0.05, 0) is 44.0 Å². The van der Waals surface area contributed by atoms with Gasteiger partial charge in [0.25, 0.3) is 0 Å². The van der Waals surface area contributed by atoms with E-state index in [1.807, 2.05) is 0 Å². The fourth-order valence-corrected chi connectivity index (χ4v) is 2.89. The molecule has 4 heteroatoms. The Bertz CT molecular complexity index is 448. The van der Waals surface area contributed by atoms with Crippen LogP contribution in [0.2, 0.25) is 0 Å². The number of nitrogens with zero attached hydrogens (tertiary/aromatic N) is 1. The fraction of sp³-hybridized carbons (Fsp3) is 0.600. The Morgan fingerprint density at radius 1 is 1.42 bits per heavy atom. The Labute approximate surface area is 114 Å². The first-order chi connectivity index (χ1) is 8.89. The smallest absolute Gasteiger partial charge is 0.123 e. The van der Waals surface area contributed by atoms with Crippen molar-refractivity contribution >= 4 is 0 Å². The van der Waals surface area contributed by atoms with Crippen LogP contribution in [0.4, 0.5) is 4.39 Å². The Kier molecular flexibility index (Phi) is 4.23. The third-order valence-corrected chi connectivity index (χ3v) is 3.42. The molecule has 0 aliphatic carbocycles. The van der Waals surface area contributed by atoms with Crippen molar-refractivity contribution in [2.75, 3.05) is 13.1 Å². The lowest BCUT2D eigenvalue weighted by Gasteiger charge is -2.42. The van der Waals surface area contributed by atoms with Crippen molar-refractivity contribution in [3.63, 3.8) is 0 Å². The summed E-state index contributed by atoms with van der Waals surface area (Å²) in [6.07, 6.45) is 0.193. The number of nitrogens with two attached hydrogens (primary N) is 1. The SMILES string of the molecule is CC1CN(Cc2cc(F)ccc2CN)CC(C)(C)O1. The van der Waals surface area contributed by atoms with Crippen LogP contribution in [0.1, 0.15) is 31.9 Å². The average Bonchev–Trinajstić information content (AvgIpc) is 2.26. The van der Waals surface area contributed by atoms with Gasteiger partial charge in [-0.15, -0.1) is 0 Å². The van der Waals surface area contributed by atoms with Crippen molar-refractivity contribution in [3.05, 3.63) is 35.1 Å². The zero-order valence-corrected chi connectivity index (χ0v) is 11.9. The standard InChI is InChI=1S/C15H23FN2O/c1-11-8-18(10-15(2,3)19-11)9-13-6-14(16)5-4-12(13)7-17/h4-6,11H,7-10,17H2,1-3H3. The van der Waals surface area contributed by atoms with Crippen LogP contribution in [0.15, 0.2) is 18.2 Å². The van der Waals surface area contributed by atoms with Crippen molar-refractivity contribution in [1.82, 2.24) is 4.90 Å². The summed E-state index contributed by atoms with van der Waals surface area (Å²) in [5, 5.41) is 0. The highest BCUT2D eigenvalue weighted by atomic mass is 19.1. The van der Waals surface area contributed by atoms with Gasteiger partial charge in [0.1, 0.15) is 5.82 Å². The van der Waals surface area contributed by atoms with Crippen LogP contribution in [0.25, 0.3) is 0 Å². The minimum Gasteiger partial charge on any atom is -0.370 e. The van der Waals surface area contributed by atoms with Gasteiger partial charge in [-0.3, -0.25) is 4.90 Å². The van der Waals surface area contributed by atoms with E-state index in [9.17, 15) is 4.39 Å². The summed E-state index contributed by atoms with van der Waals surface area (Å²) in [6, 6.07) is 4.84. The van der Waals surface area contributed by atoms with E-state index in [4.69, 9.17) is 10.5 Å². The van der Waals surface area contributed by atoms with Gasteiger partial charge in [-0.25, -0.2) is 4.39 Å². The van der Waals surface area contributed by atoms with Gasteiger partial charge in [0.15, 0.2) is 0 Å². The first-order valence-corrected chi connectivity index (χ1v) is 6.77. The van der Waals surface area contributed by atoms with Crippen molar-refractivity contribution in [3.8, 4) is 0 Å². The van der Waals surface area contributed by atoms with E-state index in [1.54, 1.807) is 12.1 Å². The van der Waals surface area contributed by atoms with Crippen molar-refractivity contribution < 1.29 is 9.13 Å². The Hall–Kier alpha value is -0.970. The Balaban J connectivity index is 2.14. The number of hydrogen-bond donors (Lipinski definition) is 1. The summed E-state index contributed by atoms with van der Waals surface area (Å²) in [6.45, 7) is 9.13. The number of benzene rings is 1. The molecule has 0 bridgehead atoms. The van der Waals surface area contributed by atoms with Gasteiger partial charge >= 0.3 is 0 Å². The van der Waals surface area contributed by atoms with Crippen LogP contribution in [0, 0.1) is 5.82 Å². The number of halogens is 1. The van der Waals surface area contributed by atoms with Crippen molar-refractivity contribution in [1.29, 1.82) is 0 Å². The molecule has 1 fully saturated rings. The van der Waals surface area contributed by atoms with E-state index in [0.29, 0.717) is 6.54 Å². The molecule has 0 amide bonds. The van der Waals surface area contributed by atoms with Gasteiger partial charge in [0.05, 0.1) is 11.7 Å². The topological polar surface area (TPSA) is 38.5 Å². The van der Waals surface area contributed by atoms with Crippen LogP contribution in [0.3, 0.4) is 0 Å². The molecule has 1 saturated heterocycles. The number of hydrogen-bond acceptors (Lipinski definition) is 3. The number of morpholine rings is 1. The zero-order valence-electron chi connectivity index (χ0n) is 11.9. The lowest BCUT2D eigenvalue weighted by molar-refractivity contribution is -0.130. The van der Waals surface area contributed by atoms with E-state index >= 15 is 0 Å². The predicted molar refractivity (Wildman–Crippen MR) is 74.2 cm³/mol. The molecule has 1 aliphatic heterocycles. The van der Waals surface area contributed by atoms with Gasteiger partial charge < -0.3 is 10.5 Å². The molecule has 1 aromatic rings. The molecule has 0 saturated carbocycles. The van der Waals surface area contributed by atoms with Crippen LogP contribution in [0.5, 0.6) is 0 Å². The third kappa shape index (κ3) is 3.75. The zero-order chi connectivity index (χ0) is 14.0. The van der Waals surface area contributed by atoms with Crippen LogP contribution >= 0.6 is 0 Å². The van der Waals surface area contributed by atoms with E-state index in [1.165, 1.54) is 6.07 Å². The molecule has 3 nitrogen and oxygen atoms in total. The Morgan fingerprint density at radius 2 is 2.16 bits per heavy atom. The second-order valence-corrected chi connectivity index (χ2v) is 5.97. The summed E-state index contributed by atoms with van der Waals surface area (Å²) in [5.41, 5.74) is 7.55. The molecule has 1 unspecified atom stereocenters. The molecule has 0 spiro atoms. The molecule has 1 heterocycles. The minimum atomic E-state index is -0.201. The largest absolute Gasteiger partial charge is 0.370 e. The first-order valence-electron chi connectivity index (χ1n) is 6.77. The highest BCUT2D eigenvalue weighted by molar-refractivity contribution is 5.27. The molecule has 1 atom stereocenters. The maximum atomic E-state index is 13.4. The van der Waals surface area contributed by atoms with Gasteiger partial charge in [0.2, 0.25) is 0 Å². The minimum absolute atomic E-state index is 0.159. The van der Waals surface area contributed by atoms with Crippen LogP contribution in [-0.4, -0.2) is 29.7 Å². The molecular weight excluding hydrogens is 243 g/mol. The highest BCUT2D eigenvalue weighted by Gasteiger charge is 2.31. The molecule has 2 N–H and O–H groups in total. The monoisotopic (exact) mass is 266 g/mol. The molecule has 1 aromatic carbocycles. The quantitative estimate of drug-likeness (QED) is 0.912. The highest BCUT2D eigenvalue weighted by Crippen LogP contribution is 2.23.